The fourth-order valence-corrected chi connectivity index (χ4v) is 2.99. The third kappa shape index (κ3) is 7.36. The molecule has 0 saturated carbocycles. The Morgan fingerprint density at radius 1 is 1.43 bits per heavy atom. The standard InChI is InChI=1S/C14H24N2O4S/c1-10(17)21-11-8-12(18)16(9-11)7-5-6-15-13(19)20-14(2,3)4/h11H,5-9H2,1-4H3,(H,15,19). The summed E-state index contributed by atoms with van der Waals surface area (Å²) in [6, 6.07) is 0. The van der Waals surface area contributed by atoms with Crippen molar-refractivity contribution in [3.63, 3.8) is 0 Å². The Kier molecular flexibility index (Phi) is 6.51. The van der Waals surface area contributed by atoms with Gasteiger partial charge in [0.1, 0.15) is 5.60 Å². The summed E-state index contributed by atoms with van der Waals surface area (Å²) in [6.07, 6.45) is 0.645. The Morgan fingerprint density at radius 2 is 2.10 bits per heavy atom. The van der Waals surface area contributed by atoms with Crippen LogP contribution in [0.2, 0.25) is 0 Å². The zero-order valence-electron chi connectivity index (χ0n) is 13.1. The first kappa shape index (κ1) is 17.8. The molecule has 1 atom stereocenters. The molecule has 1 N–H and O–H groups in total. The van der Waals surface area contributed by atoms with E-state index in [2.05, 4.69) is 5.32 Å². The van der Waals surface area contributed by atoms with Gasteiger partial charge in [-0.2, -0.15) is 0 Å². The van der Waals surface area contributed by atoms with Crippen molar-refractivity contribution >= 4 is 28.9 Å². The molecule has 0 aliphatic carbocycles. The van der Waals surface area contributed by atoms with Gasteiger partial charge < -0.3 is 15.0 Å². The highest BCUT2D eigenvalue weighted by atomic mass is 32.2. The predicted molar refractivity (Wildman–Crippen MR) is 82.1 cm³/mol. The first-order chi connectivity index (χ1) is 9.67. The number of likely N-dealkylation sites (tertiary alicyclic amines) is 1. The quantitative estimate of drug-likeness (QED) is 0.783. The van der Waals surface area contributed by atoms with Crippen molar-refractivity contribution in [1.82, 2.24) is 10.2 Å². The molecule has 0 bridgehead atoms. The third-order valence-corrected chi connectivity index (χ3v) is 3.77. The number of hydrogen-bond acceptors (Lipinski definition) is 5. The number of thioether (sulfide) groups is 1. The first-order valence-electron chi connectivity index (χ1n) is 7.09. The molecule has 0 aromatic rings. The summed E-state index contributed by atoms with van der Waals surface area (Å²) in [7, 11) is 0. The summed E-state index contributed by atoms with van der Waals surface area (Å²) >= 11 is 1.23. The molecule has 0 radical (unpaired) electrons. The molecule has 0 aromatic carbocycles. The molecule has 7 heteroatoms. The average molecular weight is 316 g/mol. The van der Waals surface area contributed by atoms with Gasteiger partial charge in [-0.05, 0) is 27.2 Å². The number of rotatable bonds is 5. The molecule has 120 valence electrons. The number of hydrogen-bond donors (Lipinski definition) is 1. The number of nitrogens with one attached hydrogen (secondary N) is 1. The summed E-state index contributed by atoms with van der Waals surface area (Å²) in [4.78, 5) is 36.0. The van der Waals surface area contributed by atoms with Gasteiger partial charge in [-0.3, -0.25) is 9.59 Å². The number of alkyl carbamates (subject to hydrolysis) is 1. The lowest BCUT2D eigenvalue weighted by atomic mass is 10.2. The minimum Gasteiger partial charge on any atom is -0.444 e. The van der Waals surface area contributed by atoms with Crippen molar-refractivity contribution in [2.75, 3.05) is 19.6 Å². The van der Waals surface area contributed by atoms with Crippen LogP contribution in [0.3, 0.4) is 0 Å². The van der Waals surface area contributed by atoms with Crippen LogP contribution < -0.4 is 5.32 Å². The van der Waals surface area contributed by atoms with Gasteiger partial charge in [0.2, 0.25) is 5.91 Å². The SMILES string of the molecule is CC(=O)SC1CC(=O)N(CCCNC(=O)OC(C)(C)C)C1. The van der Waals surface area contributed by atoms with E-state index in [1.165, 1.54) is 18.7 Å². The fraction of sp³-hybridized carbons (Fsp3) is 0.786. The molecule has 0 spiro atoms. The lowest BCUT2D eigenvalue weighted by Crippen LogP contribution is -2.35. The van der Waals surface area contributed by atoms with E-state index in [1.54, 1.807) is 4.90 Å². The van der Waals surface area contributed by atoms with E-state index < -0.39 is 11.7 Å². The number of carbonyl (C=O) groups is 3. The number of ether oxygens (including phenoxy) is 1. The lowest BCUT2D eigenvalue weighted by molar-refractivity contribution is -0.127. The molecule has 1 aliphatic rings. The second kappa shape index (κ2) is 7.68. The summed E-state index contributed by atoms with van der Waals surface area (Å²) < 4.78 is 5.12. The van der Waals surface area contributed by atoms with Gasteiger partial charge >= 0.3 is 6.09 Å². The van der Waals surface area contributed by atoms with Crippen molar-refractivity contribution in [2.24, 2.45) is 0 Å². The zero-order chi connectivity index (χ0) is 16.0. The van der Waals surface area contributed by atoms with Crippen molar-refractivity contribution in [3.8, 4) is 0 Å². The minimum atomic E-state index is -0.508. The van der Waals surface area contributed by atoms with Crippen LogP contribution in [-0.2, 0) is 14.3 Å². The zero-order valence-corrected chi connectivity index (χ0v) is 13.9. The number of nitrogens with zero attached hydrogens (tertiary/aromatic N) is 1. The maximum atomic E-state index is 11.8. The van der Waals surface area contributed by atoms with Gasteiger partial charge in [0, 0.05) is 38.2 Å². The van der Waals surface area contributed by atoms with Gasteiger partial charge in [-0.15, -0.1) is 0 Å². The number of amides is 2. The van der Waals surface area contributed by atoms with Crippen LogP contribution in [0.25, 0.3) is 0 Å². The summed E-state index contributed by atoms with van der Waals surface area (Å²) in [6.45, 7) is 8.60. The lowest BCUT2D eigenvalue weighted by Gasteiger charge is -2.20. The second-order valence-electron chi connectivity index (χ2n) is 6.06. The molecule has 1 heterocycles. The van der Waals surface area contributed by atoms with E-state index >= 15 is 0 Å². The molecule has 1 fully saturated rings. The summed E-state index contributed by atoms with van der Waals surface area (Å²) in [5.74, 6) is 0.0750. The maximum absolute atomic E-state index is 11.8. The maximum Gasteiger partial charge on any atom is 0.407 e. The highest BCUT2D eigenvalue weighted by Crippen LogP contribution is 2.24. The van der Waals surface area contributed by atoms with E-state index in [0.717, 1.165) is 0 Å². The van der Waals surface area contributed by atoms with Crippen molar-refractivity contribution in [1.29, 1.82) is 0 Å². The minimum absolute atomic E-state index is 0.0428. The van der Waals surface area contributed by atoms with Crippen LogP contribution >= 0.6 is 11.8 Å². The van der Waals surface area contributed by atoms with E-state index in [-0.39, 0.29) is 16.3 Å². The van der Waals surface area contributed by atoms with Crippen LogP contribution in [0, 0.1) is 0 Å². The monoisotopic (exact) mass is 316 g/mol. The Hall–Kier alpha value is -1.24. The molecule has 21 heavy (non-hydrogen) atoms. The van der Waals surface area contributed by atoms with Gasteiger partial charge in [-0.1, -0.05) is 11.8 Å². The van der Waals surface area contributed by atoms with Gasteiger partial charge in [0.25, 0.3) is 0 Å². The van der Waals surface area contributed by atoms with Crippen molar-refractivity contribution in [3.05, 3.63) is 0 Å². The molecule has 0 aromatic heterocycles. The van der Waals surface area contributed by atoms with Gasteiger partial charge in [-0.25, -0.2) is 4.79 Å². The molecule has 1 rings (SSSR count). The van der Waals surface area contributed by atoms with E-state index in [0.29, 0.717) is 32.5 Å². The Morgan fingerprint density at radius 3 is 2.67 bits per heavy atom. The third-order valence-electron chi connectivity index (χ3n) is 2.78. The second-order valence-corrected chi connectivity index (χ2v) is 7.53. The van der Waals surface area contributed by atoms with Gasteiger partial charge in [0.15, 0.2) is 5.12 Å². The van der Waals surface area contributed by atoms with Crippen molar-refractivity contribution < 1.29 is 19.1 Å². The van der Waals surface area contributed by atoms with Crippen LogP contribution in [0.4, 0.5) is 4.79 Å². The molecule has 6 nitrogen and oxygen atoms in total. The molecule has 1 unspecified atom stereocenters. The molecule has 1 saturated heterocycles. The first-order valence-corrected chi connectivity index (χ1v) is 7.97. The fourth-order valence-electron chi connectivity index (χ4n) is 2.04. The van der Waals surface area contributed by atoms with Crippen LogP contribution in [0.1, 0.15) is 40.5 Å². The Labute approximate surface area is 130 Å². The Balaban J connectivity index is 2.20. The Bertz CT molecular complexity index is 406. The van der Waals surface area contributed by atoms with Crippen LogP contribution in [0.15, 0.2) is 0 Å². The summed E-state index contributed by atoms with van der Waals surface area (Å²) in [5.41, 5.74) is -0.508. The highest BCUT2D eigenvalue weighted by molar-refractivity contribution is 8.14. The normalized spacial score (nSPS) is 18.8. The van der Waals surface area contributed by atoms with E-state index in [4.69, 9.17) is 4.74 Å². The molecular formula is C14H24N2O4S. The summed E-state index contributed by atoms with van der Waals surface area (Å²) in [5, 5.41) is 2.77. The predicted octanol–water partition coefficient (Wildman–Crippen LogP) is 1.78. The van der Waals surface area contributed by atoms with E-state index in [9.17, 15) is 14.4 Å². The van der Waals surface area contributed by atoms with Crippen molar-refractivity contribution in [2.45, 2.75) is 51.4 Å². The number of carbonyl (C=O) groups excluding carboxylic acids is 3. The van der Waals surface area contributed by atoms with E-state index in [1.807, 2.05) is 20.8 Å². The molecule has 2 amide bonds. The topological polar surface area (TPSA) is 75.7 Å². The average Bonchev–Trinajstić information content (AvgIpc) is 2.61. The largest absolute Gasteiger partial charge is 0.444 e. The van der Waals surface area contributed by atoms with Gasteiger partial charge in [0.05, 0.1) is 0 Å². The molecule has 1 aliphatic heterocycles. The highest BCUT2D eigenvalue weighted by Gasteiger charge is 2.30. The smallest absolute Gasteiger partial charge is 0.407 e. The van der Waals surface area contributed by atoms with Crippen LogP contribution in [-0.4, -0.2) is 52.5 Å². The molecular weight excluding hydrogens is 292 g/mol. The van der Waals surface area contributed by atoms with Crippen LogP contribution in [0.5, 0.6) is 0 Å².